The molecular formula is C21H31N5O5S2. The van der Waals surface area contributed by atoms with Gasteiger partial charge in [0.2, 0.25) is 26.0 Å². The minimum Gasteiger partial charge on any atom is -0.339 e. The molecule has 1 aromatic carbocycles. The van der Waals surface area contributed by atoms with Crippen LogP contribution < -0.4 is 0 Å². The molecule has 2 aliphatic rings. The maximum Gasteiger partial charge on any atom is 0.243 e. The molecule has 0 N–H and O–H groups in total. The van der Waals surface area contributed by atoms with E-state index in [4.69, 9.17) is 5.26 Å². The van der Waals surface area contributed by atoms with Gasteiger partial charge in [-0.1, -0.05) is 13.8 Å². The molecule has 10 nitrogen and oxygen atoms in total. The lowest BCUT2D eigenvalue weighted by atomic mass is 9.98. The molecule has 0 spiro atoms. The number of piperidine rings is 1. The SMILES string of the molecule is CCN(CC)S(=O)(=O)c1ccc(S(=O)(=O)N2CCC[C@@H](C(=O)N3CCN(C#N)CC3)C2)cc1. The smallest absolute Gasteiger partial charge is 0.243 e. The zero-order valence-corrected chi connectivity index (χ0v) is 20.7. The van der Waals surface area contributed by atoms with E-state index in [-0.39, 0.29) is 22.2 Å². The first-order chi connectivity index (χ1) is 15.6. The molecule has 0 aliphatic carbocycles. The van der Waals surface area contributed by atoms with Crippen LogP contribution in [0.2, 0.25) is 0 Å². The number of hydrogen-bond acceptors (Lipinski definition) is 7. The van der Waals surface area contributed by atoms with E-state index in [1.807, 2.05) is 0 Å². The third-order valence-electron chi connectivity index (χ3n) is 6.27. The number of sulfonamides is 2. The normalized spacial score (nSPS) is 20.6. The second-order valence-corrected chi connectivity index (χ2v) is 12.1. The highest BCUT2D eigenvalue weighted by Gasteiger charge is 2.36. The van der Waals surface area contributed by atoms with Gasteiger partial charge >= 0.3 is 0 Å². The maximum absolute atomic E-state index is 13.2. The number of amides is 1. The van der Waals surface area contributed by atoms with Crippen molar-refractivity contribution in [2.75, 3.05) is 52.4 Å². The van der Waals surface area contributed by atoms with Crippen molar-refractivity contribution in [1.29, 1.82) is 5.26 Å². The van der Waals surface area contributed by atoms with Crippen LogP contribution in [0.5, 0.6) is 0 Å². The molecule has 0 radical (unpaired) electrons. The van der Waals surface area contributed by atoms with Crippen molar-refractivity contribution in [3.8, 4) is 6.19 Å². The van der Waals surface area contributed by atoms with Crippen LogP contribution in [0.4, 0.5) is 0 Å². The molecule has 2 heterocycles. The minimum absolute atomic E-state index is 0.0109. The molecule has 0 aromatic heterocycles. The first-order valence-corrected chi connectivity index (χ1v) is 14.1. The van der Waals surface area contributed by atoms with E-state index in [1.54, 1.807) is 23.6 Å². The van der Waals surface area contributed by atoms with Crippen molar-refractivity contribution in [2.45, 2.75) is 36.5 Å². The number of hydrogen-bond donors (Lipinski definition) is 0. The molecule has 12 heteroatoms. The molecule has 1 amide bonds. The van der Waals surface area contributed by atoms with E-state index in [0.717, 1.165) is 0 Å². The number of carbonyl (C=O) groups excluding carboxylic acids is 1. The van der Waals surface area contributed by atoms with E-state index in [0.29, 0.717) is 58.7 Å². The van der Waals surface area contributed by atoms with Gasteiger partial charge in [0, 0.05) is 52.4 Å². The van der Waals surface area contributed by atoms with Gasteiger partial charge in [-0.25, -0.2) is 16.8 Å². The van der Waals surface area contributed by atoms with E-state index in [1.165, 1.54) is 32.9 Å². The molecule has 1 atom stereocenters. The van der Waals surface area contributed by atoms with Crippen LogP contribution in [0.25, 0.3) is 0 Å². The molecule has 2 fully saturated rings. The lowest BCUT2D eigenvalue weighted by molar-refractivity contribution is -0.138. The van der Waals surface area contributed by atoms with Crippen molar-refractivity contribution in [2.24, 2.45) is 5.92 Å². The molecule has 3 rings (SSSR count). The first-order valence-electron chi connectivity index (χ1n) is 11.2. The number of carbonyl (C=O) groups is 1. The summed E-state index contributed by atoms with van der Waals surface area (Å²) in [5.41, 5.74) is 0. The van der Waals surface area contributed by atoms with Crippen LogP contribution in [-0.4, -0.2) is 93.5 Å². The molecule has 2 aliphatic heterocycles. The second kappa shape index (κ2) is 10.4. The van der Waals surface area contributed by atoms with E-state index in [2.05, 4.69) is 6.19 Å². The Morgan fingerprint density at radius 2 is 1.58 bits per heavy atom. The summed E-state index contributed by atoms with van der Waals surface area (Å²) in [4.78, 5) is 16.3. The third kappa shape index (κ3) is 5.32. The van der Waals surface area contributed by atoms with Crippen LogP contribution in [0.1, 0.15) is 26.7 Å². The van der Waals surface area contributed by atoms with Gasteiger partial charge < -0.3 is 9.80 Å². The number of rotatable bonds is 7. The largest absolute Gasteiger partial charge is 0.339 e. The number of nitrogens with zero attached hydrogens (tertiary/aromatic N) is 5. The summed E-state index contributed by atoms with van der Waals surface area (Å²) in [5.74, 6) is -0.502. The van der Waals surface area contributed by atoms with Gasteiger partial charge in [-0.3, -0.25) is 4.79 Å². The summed E-state index contributed by atoms with van der Waals surface area (Å²) >= 11 is 0. The summed E-state index contributed by atoms with van der Waals surface area (Å²) in [7, 11) is -7.54. The lowest BCUT2D eigenvalue weighted by Crippen LogP contribution is -2.52. The highest BCUT2D eigenvalue weighted by Crippen LogP contribution is 2.26. The summed E-state index contributed by atoms with van der Waals surface area (Å²) < 4.78 is 54.4. The van der Waals surface area contributed by atoms with Crippen molar-refractivity contribution < 1.29 is 21.6 Å². The monoisotopic (exact) mass is 497 g/mol. The van der Waals surface area contributed by atoms with Crippen molar-refractivity contribution in [1.82, 2.24) is 18.4 Å². The molecule has 0 unspecified atom stereocenters. The Bertz CT molecular complexity index is 1090. The molecule has 0 saturated carbocycles. The fourth-order valence-corrected chi connectivity index (χ4v) is 7.27. The van der Waals surface area contributed by atoms with Gasteiger partial charge in [0.25, 0.3) is 0 Å². The van der Waals surface area contributed by atoms with Gasteiger partial charge in [0.15, 0.2) is 6.19 Å². The molecule has 2 saturated heterocycles. The maximum atomic E-state index is 13.2. The van der Waals surface area contributed by atoms with E-state index >= 15 is 0 Å². The van der Waals surface area contributed by atoms with E-state index < -0.39 is 26.0 Å². The van der Waals surface area contributed by atoms with Crippen LogP contribution in [0, 0.1) is 17.4 Å². The Labute approximate surface area is 196 Å². The van der Waals surface area contributed by atoms with Crippen molar-refractivity contribution >= 4 is 26.0 Å². The summed E-state index contributed by atoms with van der Waals surface area (Å²) in [6, 6.07) is 5.28. The molecular weight excluding hydrogens is 466 g/mol. The Balaban J connectivity index is 1.72. The highest BCUT2D eigenvalue weighted by molar-refractivity contribution is 7.89. The van der Waals surface area contributed by atoms with Gasteiger partial charge in [-0.15, -0.1) is 0 Å². The average molecular weight is 498 g/mol. The number of nitriles is 1. The quantitative estimate of drug-likeness (QED) is 0.509. The number of piperazine rings is 1. The second-order valence-electron chi connectivity index (χ2n) is 8.18. The fourth-order valence-electron chi connectivity index (χ4n) is 4.29. The number of benzene rings is 1. The van der Waals surface area contributed by atoms with Gasteiger partial charge in [-0.2, -0.15) is 13.9 Å². The van der Waals surface area contributed by atoms with Crippen molar-refractivity contribution in [3.05, 3.63) is 24.3 Å². The third-order valence-corrected chi connectivity index (χ3v) is 10.2. The van der Waals surface area contributed by atoms with Crippen LogP contribution >= 0.6 is 0 Å². The van der Waals surface area contributed by atoms with Crippen molar-refractivity contribution in [3.63, 3.8) is 0 Å². The summed E-state index contributed by atoms with van der Waals surface area (Å²) in [5, 5.41) is 8.97. The fraction of sp³-hybridized carbons (Fsp3) is 0.619. The average Bonchev–Trinajstić information content (AvgIpc) is 2.84. The van der Waals surface area contributed by atoms with Gasteiger partial charge in [0.1, 0.15) is 0 Å². The van der Waals surface area contributed by atoms with E-state index in [9.17, 15) is 21.6 Å². The Hall–Kier alpha value is -2.20. The molecule has 0 bridgehead atoms. The molecule has 182 valence electrons. The standard InChI is InChI=1S/C21H31N5O5S2/c1-3-25(4-2)32(28,29)19-7-9-20(10-8-19)33(30,31)26-11-5-6-18(16-26)21(27)24-14-12-23(17-22)13-15-24/h7-10,18H,3-6,11-16H2,1-2H3/t18-/m1/s1. The van der Waals surface area contributed by atoms with Crippen LogP contribution in [0.3, 0.4) is 0 Å². The Morgan fingerprint density at radius 3 is 2.12 bits per heavy atom. The van der Waals surface area contributed by atoms with Crippen LogP contribution in [0.15, 0.2) is 34.1 Å². The summed E-state index contributed by atoms with van der Waals surface area (Å²) in [6.07, 6.45) is 3.27. The molecule has 33 heavy (non-hydrogen) atoms. The lowest BCUT2D eigenvalue weighted by Gasteiger charge is -2.37. The topological polar surface area (TPSA) is 122 Å². The zero-order valence-electron chi connectivity index (χ0n) is 19.1. The Kier molecular flexibility index (Phi) is 8.00. The zero-order chi connectivity index (χ0) is 24.2. The minimum atomic E-state index is -3.86. The summed E-state index contributed by atoms with van der Waals surface area (Å²) in [6.45, 7) is 6.44. The first kappa shape index (κ1) is 25.4. The predicted octanol–water partition coefficient (Wildman–Crippen LogP) is 0.743. The van der Waals surface area contributed by atoms with Crippen LogP contribution in [-0.2, 0) is 24.8 Å². The highest BCUT2D eigenvalue weighted by atomic mass is 32.2. The Morgan fingerprint density at radius 1 is 1.00 bits per heavy atom. The van der Waals surface area contributed by atoms with Gasteiger partial charge in [-0.05, 0) is 37.1 Å². The van der Waals surface area contributed by atoms with Gasteiger partial charge in [0.05, 0.1) is 15.7 Å². The molecule has 1 aromatic rings. The predicted molar refractivity (Wildman–Crippen MR) is 122 cm³/mol.